The maximum Gasteiger partial charge on any atom is 0.124 e. The van der Waals surface area contributed by atoms with Gasteiger partial charge in [0, 0.05) is 13.1 Å². The molecule has 0 unspecified atom stereocenters. The van der Waals surface area contributed by atoms with Gasteiger partial charge in [0.25, 0.3) is 0 Å². The van der Waals surface area contributed by atoms with Crippen molar-refractivity contribution < 1.29 is 0 Å². The second-order valence-corrected chi connectivity index (χ2v) is 3.70. The zero-order valence-electron chi connectivity index (χ0n) is 8.16. The van der Waals surface area contributed by atoms with Gasteiger partial charge in [0.1, 0.15) is 5.82 Å². The van der Waals surface area contributed by atoms with Crippen molar-refractivity contribution >= 4 is 5.82 Å². The second kappa shape index (κ2) is 3.81. The van der Waals surface area contributed by atoms with Gasteiger partial charge in [0.15, 0.2) is 0 Å². The molecule has 13 heavy (non-hydrogen) atoms. The molecule has 2 rings (SSSR count). The fourth-order valence-corrected chi connectivity index (χ4v) is 2.13. The van der Waals surface area contributed by atoms with Crippen LogP contribution in [0, 0.1) is 0 Å². The molecule has 1 fully saturated rings. The molecule has 0 radical (unpaired) electrons. The van der Waals surface area contributed by atoms with Crippen molar-refractivity contribution in [2.75, 3.05) is 12.4 Å². The first-order valence-corrected chi connectivity index (χ1v) is 5.13. The van der Waals surface area contributed by atoms with Crippen molar-refractivity contribution in [3.05, 3.63) is 12.3 Å². The molecule has 1 heterocycles. The van der Waals surface area contributed by atoms with Crippen LogP contribution in [0.3, 0.4) is 0 Å². The Labute approximate surface area is 79.1 Å². The van der Waals surface area contributed by atoms with Crippen molar-refractivity contribution in [2.45, 2.75) is 38.1 Å². The van der Waals surface area contributed by atoms with E-state index in [9.17, 15) is 0 Å². The van der Waals surface area contributed by atoms with E-state index < -0.39 is 0 Å². The van der Waals surface area contributed by atoms with Crippen LogP contribution < -0.4 is 5.32 Å². The Morgan fingerprint density at radius 1 is 1.38 bits per heavy atom. The molecular weight excluding hydrogens is 162 g/mol. The van der Waals surface area contributed by atoms with Gasteiger partial charge in [-0.15, -0.1) is 0 Å². The molecule has 0 atom stereocenters. The topological polar surface area (TPSA) is 29.9 Å². The summed E-state index contributed by atoms with van der Waals surface area (Å²) in [7, 11) is 1.95. The van der Waals surface area contributed by atoms with E-state index in [1.54, 1.807) is 0 Å². The van der Waals surface area contributed by atoms with Gasteiger partial charge < -0.3 is 5.32 Å². The highest BCUT2D eigenvalue weighted by atomic mass is 15.3. The first-order chi connectivity index (χ1) is 6.42. The van der Waals surface area contributed by atoms with E-state index in [2.05, 4.69) is 15.1 Å². The monoisotopic (exact) mass is 179 g/mol. The summed E-state index contributed by atoms with van der Waals surface area (Å²) in [6, 6.07) is 2.67. The van der Waals surface area contributed by atoms with Crippen LogP contribution in [0.2, 0.25) is 0 Å². The summed E-state index contributed by atoms with van der Waals surface area (Å²) < 4.78 is 2.14. The first kappa shape index (κ1) is 8.60. The van der Waals surface area contributed by atoms with E-state index in [1.807, 2.05) is 19.3 Å². The molecule has 1 saturated carbocycles. The van der Waals surface area contributed by atoms with Crippen molar-refractivity contribution in [1.29, 1.82) is 0 Å². The van der Waals surface area contributed by atoms with Gasteiger partial charge in [-0.2, -0.15) is 5.10 Å². The third kappa shape index (κ3) is 1.69. The molecule has 3 heteroatoms. The molecule has 0 aromatic carbocycles. The van der Waals surface area contributed by atoms with E-state index in [0.717, 1.165) is 5.82 Å². The van der Waals surface area contributed by atoms with Crippen LogP contribution in [0.1, 0.15) is 38.1 Å². The van der Waals surface area contributed by atoms with Crippen molar-refractivity contribution in [3.63, 3.8) is 0 Å². The number of nitrogens with zero attached hydrogens (tertiary/aromatic N) is 2. The standard InChI is InChI=1S/C10H17N3/c1-11-10-7-8-12-13(10)9-5-3-2-4-6-9/h7-9,11H,2-6H2,1H3. The van der Waals surface area contributed by atoms with Crippen molar-refractivity contribution in [1.82, 2.24) is 9.78 Å². The molecular formula is C10H17N3. The Morgan fingerprint density at radius 3 is 2.85 bits per heavy atom. The normalized spacial score (nSPS) is 18.8. The van der Waals surface area contributed by atoms with E-state index in [4.69, 9.17) is 0 Å². The van der Waals surface area contributed by atoms with Crippen molar-refractivity contribution in [2.24, 2.45) is 0 Å². The van der Waals surface area contributed by atoms with Crippen LogP contribution >= 0.6 is 0 Å². The van der Waals surface area contributed by atoms with Crippen LogP contribution in [0.25, 0.3) is 0 Å². The average molecular weight is 179 g/mol. The van der Waals surface area contributed by atoms with E-state index in [1.165, 1.54) is 32.1 Å². The van der Waals surface area contributed by atoms with Crippen LogP contribution in [-0.4, -0.2) is 16.8 Å². The minimum absolute atomic E-state index is 0.631. The number of hydrogen-bond acceptors (Lipinski definition) is 2. The average Bonchev–Trinajstić information content (AvgIpc) is 2.67. The van der Waals surface area contributed by atoms with E-state index in [-0.39, 0.29) is 0 Å². The number of rotatable bonds is 2. The molecule has 72 valence electrons. The smallest absolute Gasteiger partial charge is 0.124 e. The predicted molar refractivity (Wildman–Crippen MR) is 53.9 cm³/mol. The maximum absolute atomic E-state index is 4.36. The fourth-order valence-electron chi connectivity index (χ4n) is 2.13. The summed E-state index contributed by atoms with van der Waals surface area (Å²) in [6.45, 7) is 0. The minimum atomic E-state index is 0.631. The van der Waals surface area contributed by atoms with Gasteiger partial charge in [-0.25, -0.2) is 4.68 Å². The van der Waals surface area contributed by atoms with Gasteiger partial charge >= 0.3 is 0 Å². The number of anilines is 1. The zero-order chi connectivity index (χ0) is 9.10. The summed E-state index contributed by atoms with van der Waals surface area (Å²) in [6.07, 6.45) is 8.56. The third-order valence-corrected chi connectivity index (χ3v) is 2.85. The summed E-state index contributed by atoms with van der Waals surface area (Å²) in [5.41, 5.74) is 0. The molecule has 1 aliphatic rings. The molecule has 1 aromatic heterocycles. The summed E-state index contributed by atoms with van der Waals surface area (Å²) in [5.74, 6) is 1.15. The predicted octanol–water partition coefficient (Wildman–Crippen LogP) is 2.43. The molecule has 0 aliphatic heterocycles. The number of nitrogens with one attached hydrogen (secondary N) is 1. The second-order valence-electron chi connectivity index (χ2n) is 3.70. The highest BCUT2D eigenvalue weighted by Gasteiger charge is 2.17. The molecule has 3 nitrogen and oxygen atoms in total. The van der Waals surface area contributed by atoms with Crippen LogP contribution in [0.15, 0.2) is 12.3 Å². The van der Waals surface area contributed by atoms with Gasteiger partial charge in [0.2, 0.25) is 0 Å². The van der Waals surface area contributed by atoms with Crippen LogP contribution in [0.4, 0.5) is 5.82 Å². The number of hydrogen-bond donors (Lipinski definition) is 1. The lowest BCUT2D eigenvalue weighted by Crippen LogP contribution is -2.15. The minimum Gasteiger partial charge on any atom is -0.373 e. The molecule has 0 saturated heterocycles. The Hall–Kier alpha value is -0.990. The van der Waals surface area contributed by atoms with Crippen LogP contribution in [0.5, 0.6) is 0 Å². The molecule has 1 aliphatic carbocycles. The molecule has 0 amide bonds. The maximum atomic E-state index is 4.36. The van der Waals surface area contributed by atoms with Gasteiger partial charge in [-0.3, -0.25) is 0 Å². The number of aromatic nitrogens is 2. The fraction of sp³-hybridized carbons (Fsp3) is 0.700. The van der Waals surface area contributed by atoms with Gasteiger partial charge in [-0.05, 0) is 12.8 Å². The Morgan fingerprint density at radius 2 is 2.15 bits per heavy atom. The molecule has 0 spiro atoms. The first-order valence-electron chi connectivity index (χ1n) is 5.13. The highest BCUT2D eigenvalue weighted by Crippen LogP contribution is 2.29. The summed E-state index contributed by atoms with van der Waals surface area (Å²) >= 11 is 0. The molecule has 1 aromatic rings. The Bertz CT molecular complexity index is 261. The third-order valence-electron chi connectivity index (χ3n) is 2.85. The Balaban J connectivity index is 2.13. The SMILES string of the molecule is CNc1ccnn1C1CCCCC1. The highest BCUT2D eigenvalue weighted by molar-refractivity contribution is 5.33. The quantitative estimate of drug-likeness (QED) is 0.755. The summed E-state index contributed by atoms with van der Waals surface area (Å²) in [4.78, 5) is 0. The van der Waals surface area contributed by atoms with Crippen molar-refractivity contribution in [3.8, 4) is 0 Å². The molecule has 0 bridgehead atoms. The largest absolute Gasteiger partial charge is 0.373 e. The van der Waals surface area contributed by atoms with Gasteiger partial charge in [-0.1, -0.05) is 19.3 Å². The van der Waals surface area contributed by atoms with E-state index in [0.29, 0.717) is 6.04 Å². The van der Waals surface area contributed by atoms with Gasteiger partial charge in [0.05, 0.1) is 12.2 Å². The summed E-state index contributed by atoms with van der Waals surface area (Å²) in [5, 5.41) is 7.54. The van der Waals surface area contributed by atoms with Crippen LogP contribution in [-0.2, 0) is 0 Å². The Kier molecular flexibility index (Phi) is 2.52. The van der Waals surface area contributed by atoms with E-state index >= 15 is 0 Å². The zero-order valence-corrected chi connectivity index (χ0v) is 8.16. The lowest BCUT2D eigenvalue weighted by Gasteiger charge is -2.23. The lowest BCUT2D eigenvalue weighted by atomic mass is 9.96. The lowest BCUT2D eigenvalue weighted by molar-refractivity contribution is 0.333. The molecule has 1 N–H and O–H groups in total.